The zero-order valence-corrected chi connectivity index (χ0v) is 15.5. The average molecular weight is 348 g/mol. The molecule has 0 aromatic carbocycles. The van der Waals surface area contributed by atoms with Gasteiger partial charge in [0.25, 0.3) is 0 Å². The smallest absolute Gasteiger partial charge is 0.307 e. The summed E-state index contributed by atoms with van der Waals surface area (Å²) >= 11 is 1.17. The molecule has 2 aromatic heterocycles. The second-order valence-electron chi connectivity index (χ2n) is 7.45. The van der Waals surface area contributed by atoms with Crippen LogP contribution in [-0.2, 0) is 17.8 Å². The number of fused-ring (bicyclic) bond motifs is 1. The Kier molecular flexibility index (Phi) is 4.42. The van der Waals surface area contributed by atoms with Gasteiger partial charge in [-0.1, -0.05) is 25.2 Å². The molecule has 5 nitrogen and oxygen atoms in total. The normalized spacial score (nSPS) is 19.1. The number of amides is 1. The molecule has 0 spiro atoms. The summed E-state index contributed by atoms with van der Waals surface area (Å²) in [6, 6.07) is 2.01. The second-order valence-corrected chi connectivity index (χ2v) is 8.27. The predicted molar refractivity (Wildman–Crippen MR) is 94.4 cm³/mol. The maximum atomic E-state index is 12.4. The first-order valence-electron chi connectivity index (χ1n) is 8.29. The minimum Gasteiger partial charge on any atom is -0.466 e. The van der Waals surface area contributed by atoms with Gasteiger partial charge >= 0.3 is 4.87 Å². The van der Waals surface area contributed by atoms with E-state index in [2.05, 4.69) is 19.2 Å². The fraction of sp³-hybridized carbons (Fsp3) is 0.556. The SMILES string of the molecule is Cc1cc2c(o1)CC(C)(C)C[C@H]2NC(=O)CCn1c(C)csc1=O. The van der Waals surface area contributed by atoms with Gasteiger partial charge in [-0.25, -0.2) is 0 Å². The number of carbonyl (C=O) groups excluding carboxylic acids is 1. The zero-order valence-electron chi connectivity index (χ0n) is 14.6. The predicted octanol–water partition coefficient (Wildman–Crippen LogP) is 3.34. The molecule has 130 valence electrons. The van der Waals surface area contributed by atoms with Crippen LogP contribution in [0.1, 0.15) is 55.5 Å². The number of thiazole rings is 1. The van der Waals surface area contributed by atoms with E-state index < -0.39 is 0 Å². The van der Waals surface area contributed by atoms with E-state index in [0.29, 0.717) is 13.0 Å². The molecule has 1 N–H and O–H groups in total. The van der Waals surface area contributed by atoms with E-state index in [9.17, 15) is 9.59 Å². The van der Waals surface area contributed by atoms with Crippen LogP contribution in [-0.4, -0.2) is 10.5 Å². The topological polar surface area (TPSA) is 64.2 Å². The Hall–Kier alpha value is -1.82. The lowest BCUT2D eigenvalue weighted by atomic mass is 9.74. The third kappa shape index (κ3) is 3.48. The van der Waals surface area contributed by atoms with Crippen molar-refractivity contribution in [2.75, 3.05) is 0 Å². The van der Waals surface area contributed by atoms with E-state index in [1.807, 2.05) is 25.3 Å². The zero-order chi connectivity index (χ0) is 17.5. The Morgan fingerprint density at radius 3 is 2.88 bits per heavy atom. The molecule has 0 fully saturated rings. The largest absolute Gasteiger partial charge is 0.466 e. The van der Waals surface area contributed by atoms with E-state index in [0.717, 1.165) is 35.6 Å². The molecule has 0 unspecified atom stereocenters. The van der Waals surface area contributed by atoms with Gasteiger partial charge in [-0.2, -0.15) is 0 Å². The van der Waals surface area contributed by atoms with Gasteiger partial charge in [0.05, 0.1) is 6.04 Å². The maximum absolute atomic E-state index is 12.4. The molecular weight excluding hydrogens is 324 g/mol. The molecule has 2 heterocycles. The van der Waals surface area contributed by atoms with E-state index in [4.69, 9.17) is 4.42 Å². The highest BCUT2D eigenvalue weighted by Gasteiger charge is 2.35. The molecular formula is C18H24N2O3S. The van der Waals surface area contributed by atoms with Crippen molar-refractivity contribution in [2.24, 2.45) is 5.41 Å². The molecule has 1 atom stereocenters. The van der Waals surface area contributed by atoms with Crippen molar-refractivity contribution in [3.8, 4) is 0 Å². The second kappa shape index (κ2) is 6.24. The van der Waals surface area contributed by atoms with Crippen molar-refractivity contribution >= 4 is 17.2 Å². The molecule has 1 amide bonds. The van der Waals surface area contributed by atoms with Crippen molar-refractivity contribution in [1.82, 2.24) is 9.88 Å². The van der Waals surface area contributed by atoms with Gasteiger partial charge < -0.3 is 14.3 Å². The number of hydrogen-bond acceptors (Lipinski definition) is 4. The lowest BCUT2D eigenvalue weighted by molar-refractivity contribution is -0.122. The van der Waals surface area contributed by atoms with E-state index in [1.54, 1.807) is 4.57 Å². The number of nitrogens with one attached hydrogen (secondary N) is 1. The van der Waals surface area contributed by atoms with Crippen molar-refractivity contribution in [1.29, 1.82) is 0 Å². The molecule has 0 radical (unpaired) electrons. The van der Waals surface area contributed by atoms with Gasteiger partial charge in [-0.05, 0) is 31.7 Å². The van der Waals surface area contributed by atoms with E-state index in [-0.39, 0.29) is 22.2 Å². The first kappa shape index (κ1) is 17.0. The molecule has 1 aliphatic carbocycles. The van der Waals surface area contributed by atoms with Crippen LogP contribution in [0.5, 0.6) is 0 Å². The third-order valence-corrected chi connectivity index (χ3v) is 5.49. The Bertz CT molecular complexity index is 813. The fourth-order valence-corrected chi connectivity index (χ4v) is 4.23. The van der Waals surface area contributed by atoms with Gasteiger partial charge in [0, 0.05) is 36.0 Å². The monoisotopic (exact) mass is 348 g/mol. The summed E-state index contributed by atoms with van der Waals surface area (Å²) in [4.78, 5) is 24.1. The van der Waals surface area contributed by atoms with Crippen molar-refractivity contribution < 1.29 is 9.21 Å². The van der Waals surface area contributed by atoms with Crippen LogP contribution in [0.3, 0.4) is 0 Å². The first-order valence-corrected chi connectivity index (χ1v) is 9.17. The number of furan rings is 1. The van der Waals surface area contributed by atoms with Crippen LogP contribution in [0.15, 0.2) is 20.7 Å². The number of rotatable bonds is 4. The van der Waals surface area contributed by atoms with Crippen LogP contribution in [0.2, 0.25) is 0 Å². The van der Waals surface area contributed by atoms with Crippen LogP contribution in [0.25, 0.3) is 0 Å². The maximum Gasteiger partial charge on any atom is 0.307 e. The summed E-state index contributed by atoms with van der Waals surface area (Å²) < 4.78 is 7.46. The van der Waals surface area contributed by atoms with Crippen molar-refractivity contribution in [3.63, 3.8) is 0 Å². The van der Waals surface area contributed by atoms with Crippen LogP contribution < -0.4 is 10.2 Å². The summed E-state index contributed by atoms with van der Waals surface area (Å²) in [5.41, 5.74) is 2.10. The number of nitrogens with zero attached hydrogens (tertiary/aromatic N) is 1. The van der Waals surface area contributed by atoms with Crippen LogP contribution in [0.4, 0.5) is 0 Å². The summed E-state index contributed by atoms with van der Waals surface area (Å²) in [6.45, 7) is 8.64. The van der Waals surface area contributed by atoms with Gasteiger partial charge in [-0.3, -0.25) is 9.59 Å². The number of aromatic nitrogens is 1. The Balaban J connectivity index is 1.69. The molecule has 3 rings (SSSR count). The van der Waals surface area contributed by atoms with Gasteiger partial charge in [-0.15, -0.1) is 0 Å². The average Bonchev–Trinajstić information content (AvgIpc) is 2.98. The highest BCUT2D eigenvalue weighted by molar-refractivity contribution is 7.07. The molecule has 0 saturated carbocycles. The summed E-state index contributed by atoms with van der Waals surface area (Å²) in [5, 5.41) is 4.96. The Morgan fingerprint density at radius 2 is 2.21 bits per heavy atom. The molecule has 2 aromatic rings. The summed E-state index contributed by atoms with van der Waals surface area (Å²) in [5.74, 6) is 1.84. The third-order valence-electron chi connectivity index (χ3n) is 4.61. The minimum atomic E-state index is -0.0278. The summed E-state index contributed by atoms with van der Waals surface area (Å²) in [7, 11) is 0. The van der Waals surface area contributed by atoms with E-state index in [1.165, 1.54) is 11.3 Å². The van der Waals surface area contributed by atoms with Gasteiger partial charge in [0.1, 0.15) is 11.5 Å². The molecule has 0 bridgehead atoms. The Morgan fingerprint density at radius 1 is 1.46 bits per heavy atom. The minimum absolute atomic E-state index is 0.00755. The summed E-state index contributed by atoms with van der Waals surface area (Å²) in [6.07, 6.45) is 2.09. The first-order chi connectivity index (χ1) is 11.2. The molecule has 1 aliphatic rings. The number of hydrogen-bond donors (Lipinski definition) is 1. The lowest BCUT2D eigenvalue weighted by Gasteiger charge is -2.34. The van der Waals surface area contributed by atoms with E-state index >= 15 is 0 Å². The lowest BCUT2D eigenvalue weighted by Crippen LogP contribution is -2.36. The van der Waals surface area contributed by atoms with Crippen LogP contribution >= 0.6 is 11.3 Å². The fourth-order valence-electron chi connectivity index (χ4n) is 3.47. The van der Waals surface area contributed by atoms with Gasteiger partial charge in [0.15, 0.2) is 0 Å². The molecule has 24 heavy (non-hydrogen) atoms. The van der Waals surface area contributed by atoms with Crippen molar-refractivity contribution in [2.45, 2.75) is 59.5 Å². The number of aryl methyl sites for hydroxylation is 2. The highest BCUT2D eigenvalue weighted by Crippen LogP contribution is 2.42. The Labute approximate surface area is 145 Å². The molecule has 0 aliphatic heterocycles. The van der Waals surface area contributed by atoms with Crippen LogP contribution in [0, 0.1) is 19.3 Å². The molecule has 6 heteroatoms. The number of carbonyl (C=O) groups is 1. The quantitative estimate of drug-likeness (QED) is 0.922. The standard InChI is InChI=1S/C18H24N2O3S/c1-11-10-24-17(22)20(11)6-5-16(21)19-14-8-18(3,4)9-15-13(14)7-12(2)23-15/h7,10,14H,5-6,8-9H2,1-4H3,(H,19,21)/t14-/m1/s1. The van der Waals surface area contributed by atoms with Crippen molar-refractivity contribution in [3.05, 3.63) is 43.9 Å². The van der Waals surface area contributed by atoms with Gasteiger partial charge in [0.2, 0.25) is 5.91 Å². The highest BCUT2D eigenvalue weighted by atomic mass is 32.1. The molecule has 0 saturated heterocycles.